The maximum Gasteiger partial charge on any atom is 0.137 e. The molecule has 0 aliphatic carbocycles. The summed E-state index contributed by atoms with van der Waals surface area (Å²) in [6, 6.07) is 3.40. The summed E-state index contributed by atoms with van der Waals surface area (Å²) in [4.78, 5) is 3.99. The lowest BCUT2D eigenvalue weighted by Crippen LogP contribution is -2.22. The molecule has 1 aromatic carbocycles. The van der Waals surface area contributed by atoms with Gasteiger partial charge in [-0.05, 0) is 24.6 Å². The van der Waals surface area contributed by atoms with Crippen LogP contribution in [0.25, 0.3) is 0 Å². The summed E-state index contributed by atoms with van der Waals surface area (Å²) in [7, 11) is 0. The largest absolute Gasteiger partial charge is 0.310 e. The van der Waals surface area contributed by atoms with Gasteiger partial charge < -0.3 is 5.32 Å². The van der Waals surface area contributed by atoms with Gasteiger partial charge in [0.15, 0.2) is 0 Å². The number of aromatic amines is 1. The van der Waals surface area contributed by atoms with Gasteiger partial charge >= 0.3 is 0 Å². The van der Waals surface area contributed by atoms with E-state index >= 15 is 0 Å². The Morgan fingerprint density at radius 1 is 1.28 bits per heavy atom. The van der Waals surface area contributed by atoms with Gasteiger partial charge in [-0.3, -0.25) is 5.10 Å². The standard InChI is InChI=1S/C12H14F2N4/c1-8(9-4-10(13)6-11(14)5-9)15-3-2-12-16-7-17-18-12/h4-8,15H,2-3H2,1H3,(H,16,17,18). The lowest BCUT2D eigenvalue weighted by molar-refractivity contribution is 0.544. The summed E-state index contributed by atoms with van der Waals surface area (Å²) in [5, 5.41) is 9.66. The lowest BCUT2D eigenvalue weighted by Gasteiger charge is -2.13. The first-order valence-corrected chi connectivity index (χ1v) is 5.69. The van der Waals surface area contributed by atoms with Crippen LogP contribution in [0.4, 0.5) is 8.78 Å². The zero-order valence-electron chi connectivity index (χ0n) is 9.95. The Hall–Kier alpha value is -1.82. The molecule has 0 spiro atoms. The fraction of sp³-hybridized carbons (Fsp3) is 0.333. The van der Waals surface area contributed by atoms with Crippen LogP contribution in [0.15, 0.2) is 24.5 Å². The Kier molecular flexibility index (Phi) is 3.99. The van der Waals surface area contributed by atoms with Crippen molar-refractivity contribution in [2.75, 3.05) is 6.54 Å². The Morgan fingerprint density at radius 2 is 2.00 bits per heavy atom. The van der Waals surface area contributed by atoms with E-state index in [-0.39, 0.29) is 6.04 Å². The van der Waals surface area contributed by atoms with E-state index in [0.29, 0.717) is 18.5 Å². The second kappa shape index (κ2) is 5.68. The third kappa shape index (κ3) is 3.33. The van der Waals surface area contributed by atoms with Crippen molar-refractivity contribution >= 4 is 0 Å². The third-order valence-corrected chi connectivity index (χ3v) is 2.66. The molecule has 0 saturated heterocycles. The van der Waals surface area contributed by atoms with Crippen LogP contribution in [0.5, 0.6) is 0 Å². The average molecular weight is 252 g/mol. The first-order valence-electron chi connectivity index (χ1n) is 5.69. The Balaban J connectivity index is 1.89. The highest BCUT2D eigenvalue weighted by atomic mass is 19.1. The minimum absolute atomic E-state index is 0.127. The summed E-state index contributed by atoms with van der Waals surface area (Å²) in [6.07, 6.45) is 2.13. The Bertz CT molecular complexity index is 479. The molecule has 0 radical (unpaired) electrons. The van der Waals surface area contributed by atoms with Crippen molar-refractivity contribution in [1.29, 1.82) is 0 Å². The zero-order chi connectivity index (χ0) is 13.0. The van der Waals surface area contributed by atoms with Gasteiger partial charge in [-0.15, -0.1) is 0 Å². The minimum Gasteiger partial charge on any atom is -0.310 e. The SMILES string of the molecule is CC(NCCc1ncn[nH]1)c1cc(F)cc(F)c1. The van der Waals surface area contributed by atoms with Crippen molar-refractivity contribution in [2.45, 2.75) is 19.4 Å². The molecule has 4 nitrogen and oxygen atoms in total. The predicted molar refractivity (Wildman–Crippen MR) is 62.9 cm³/mol. The predicted octanol–water partition coefficient (Wildman–Crippen LogP) is 1.98. The second-order valence-corrected chi connectivity index (χ2v) is 4.06. The maximum absolute atomic E-state index is 13.0. The van der Waals surface area contributed by atoms with Gasteiger partial charge in [-0.1, -0.05) is 0 Å². The highest BCUT2D eigenvalue weighted by Gasteiger charge is 2.08. The van der Waals surface area contributed by atoms with Crippen LogP contribution in [0.1, 0.15) is 24.4 Å². The molecule has 96 valence electrons. The second-order valence-electron chi connectivity index (χ2n) is 4.06. The van der Waals surface area contributed by atoms with Crippen molar-refractivity contribution in [3.05, 3.63) is 47.5 Å². The van der Waals surface area contributed by atoms with Gasteiger partial charge in [0.2, 0.25) is 0 Å². The number of halogens is 2. The van der Waals surface area contributed by atoms with E-state index in [9.17, 15) is 8.78 Å². The molecule has 0 bridgehead atoms. The molecule has 2 rings (SSSR count). The summed E-state index contributed by atoms with van der Waals surface area (Å²) >= 11 is 0. The summed E-state index contributed by atoms with van der Waals surface area (Å²) < 4.78 is 26.1. The molecule has 0 aliphatic rings. The van der Waals surface area contributed by atoms with E-state index in [0.717, 1.165) is 11.9 Å². The molecule has 0 amide bonds. The highest BCUT2D eigenvalue weighted by Crippen LogP contribution is 2.15. The summed E-state index contributed by atoms with van der Waals surface area (Å²) in [6.45, 7) is 2.50. The van der Waals surface area contributed by atoms with Gasteiger partial charge in [0.1, 0.15) is 23.8 Å². The molecular weight excluding hydrogens is 238 g/mol. The molecule has 0 saturated carbocycles. The van der Waals surface area contributed by atoms with Crippen LogP contribution >= 0.6 is 0 Å². The fourth-order valence-electron chi connectivity index (χ4n) is 1.70. The molecule has 1 unspecified atom stereocenters. The van der Waals surface area contributed by atoms with Crippen molar-refractivity contribution < 1.29 is 8.78 Å². The molecule has 0 aliphatic heterocycles. The monoisotopic (exact) mass is 252 g/mol. The quantitative estimate of drug-likeness (QED) is 0.855. The van der Waals surface area contributed by atoms with E-state index in [2.05, 4.69) is 20.5 Å². The van der Waals surface area contributed by atoms with E-state index < -0.39 is 11.6 Å². The number of nitrogens with one attached hydrogen (secondary N) is 2. The number of nitrogens with zero attached hydrogens (tertiary/aromatic N) is 2. The van der Waals surface area contributed by atoms with Crippen molar-refractivity contribution in [3.63, 3.8) is 0 Å². The van der Waals surface area contributed by atoms with E-state index in [1.165, 1.54) is 18.5 Å². The van der Waals surface area contributed by atoms with E-state index in [1.807, 2.05) is 6.92 Å². The zero-order valence-corrected chi connectivity index (χ0v) is 9.95. The van der Waals surface area contributed by atoms with Gasteiger partial charge in [-0.25, -0.2) is 13.8 Å². The van der Waals surface area contributed by atoms with Crippen LogP contribution in [0.3, 0.4) is 0 Å². The van der Waals surface area contributed by atoms with Gasteiger partial charge in [-0.2, -0.15) is 5.10 Å². The number of benzene rings is 1. The molecule has 0 fully saturated rings. The number of rotatable bonds is 5. The first-order chi connectivity index (χ1) is 8.65. The van der Waals surface area contributed by atoms with Gasteiger partial charge in [0.25, 0.3) is 0 Å². The number of hydrogen-bond acceptors (Lipinski definition) is 3. The third-order valence-electron chi connectivity index (χ3n) is 2.66. The van der Waals surface area contributed by atoms with Gasteiger partial charge in [0.05, 0.1) is 0 Å². The lowest BCUT2D eigenvalue weighted by atomic mass is 10.1. The number of H-pyrrole nitrogens is 1. The molecule has 1 aromatic heterocycles. The van der Waals surface area contributed by atoms with Crippen LogP contribution in [0.2, 0.25) is 0 Å². The normalized spacial score (nSPS) is 12.6. The van der Waals surface area contributed by atoms with Crippen LogP contribution < -0.4 is 5.32 Å². The van der Waals surface area contributed by atoms with Crippen molar-refractivity contribution in [2.24, 2.45) is 0 Å². The summed E-state index contributed by atoms with van der Waals surface area (Å²) in [5.41, 5.74) is 0.588. The van der Waals surface area contributed by atoms with E-state index in [4.69, 9.17) is 0 Å². The molecular formula is C12H14F2N4. The molecule has 1 atom stereocenters. The van der Waals surface area contributed by atoms with Crippen LogP contribution in [-0.2, 0) is 6.42 Å². The molecule has 2 N–H and O–H groups in total. The highest BCUT2D eigenvalue weighted by molar-refractivity contribution is 5.20. The maximum atomic E-state index is 13.0. The molecule has 18 heavy (non-hydrogen) atoms. The van der Waals surface area contributed by atoms with Crippen LogP contribution in [0, 0.1) is 11.6 Å². The number of aromatic nitrogens is 3. The Morgan fingerprint density at radius 3 is 2.61 bits per heavy atom. The molecule has 1 heterocycles. The Labute approximate surface area is 103 Å². The molecule has 6 heteroatoms. The van der Waals surface area contributed by atoms with Crippen molar-refractivity contribution in [3.8, 4) is 0 Å². The fourth-order valence-corrected chi connectivity index (χ4v) is 1.70. The van der Waals surface area contributed by atoms with Gasteiger partial charge in [0, 0.05) is 25.1 Å². The molecule has 2 aromatic rings. The number of hydrogen-bond donors (Lipinski definition) is 2. The topological polar surface area (TPSA) is 53.6 Å². The first kappa shape index (κ1) is 12.6. The van der Waals surface area contributed by atoms with Crippen molar-refractivity contribution in [1.82, 2.24) is 20.5 Å². The van der Waals surface area contributed by atoms with Crippen LogP contribution in [-0.4, -0.2) is 21.7 Å². The smallest absolute Gasteiger partial charge is 0.137 e. The average Bonchev–Trinajstić information content (AvgIpc) is 2.80. The minimum atomic E-state index is -0.561. The van der Waals surface area contributed by atoms with E-state index in [1.54, 1.807) is 0 Å². The summed E-state index contributed by atoms with van der Waals surface area (Å²) in [5.74, 6) is -0.345.